The second-order valence-corrected chi connectivity index (χ2v) is 8.46. The first-order chi connectivity index (χ1) is 12.7. The SMILES string of the molecule is CCCCC(CC)C(OP(=O)(O)O)(c1ccc(C)cc1)c1ccc(C)cc1. The molecule has 0 saturated carbocycles. The zero-order valence-electron chi connectivity index (χ0n) is 16.7. The highest BCUT2D eigenvalue weighted by atomic mass is 31.2. The Morgan fingerprint density at radius 2 is 1.37 bits per heavy atom. The minimum absolute atomic E-state index is 0.0597. The van der Waals surface area contributed by atoms with Crippen molar-refractivity contribution in [3.8, 4) is 0 Å². The minimum atomic E-state index is -4.74. The summed E-state index contributed by atoms with van der Waals surface area (Å²) in [5.74, 6) is -0.0597. The van der Waals surface area contributed by atoms with Crippen molar-refractivity contribution in [1.82, 2.24) is 0 Å². The molecule has 0 amide bonds. The first kappa shape index (κ1) is 21.8. The summed E-state index contributed by atoms with van der Waals surface area (Å²) >= 11 is 0. The number of aryl methyl sites for hydroxylation is 2. The molecule has 0 aliphatic heterocycles. The molecule has 4 nitrogen and oxygen atoms in total. The molecule has 0 saturated heterocycles. The summed E-state index contributed by atoms with van der Waals surface area (Å²) in [5.41, 5.74) is 2.56. The van der Waals surface area contributed by atoms with Crippen LogP contribution in [0.15, 0.2) is 48.5 Å². The van der Waals surface area contributed by atoms with Gasteiger partial charge in [0.15, 0.2) is 0 Å². The highest BCUT2D eigenvalue weighted by Crippen LogP contribution is 2.54. The summed E-state index contributed by atoms with van der Waals surface area (Å²) in [7, 11) is -4.74. The van der Waals surface area contributed by atoms with E-state index >= 15 is 0 Å². The molecule has 2 aromatic carbocycles. The molecule has 5 heteroatoms. The molecule has 0 heterocycles. The zero-order chi connectivity index (χ0) is 20.1. The maximum atomic E-state index is 12.1. The van der Waals surface area contributed by atoms with Gasteiger partial charge >= 0.3 is 7.82 Å². The van der Waals surface area contributed by atoms with Crippen LogP contribution in [0.25, 0.3) is 0 Å². The van der Waals surface area contributed by atoms with Crippen molar-refractivity contribution in [2.45, 2.75) is 59.0 Å². The maximum absolute atomic E-state index is 12.1. The van der Waals surface area contributed by atoms with Crippen LogP contribution in [0.4, 0.5) is 0 Å². The van der Waals surface area contributed by atoms with Crippen LogP contribution in [0.5, 0.6) is 0 Å². The predicted octanol–water partition coefficient (Wildman–Crippen LogP) is 5.87. The van der Waals surface area contributed by atoms with E-state index in [1.165, 1.54) is 0 Å². The molecule has 0 aromatic heterocycles. The molecule has 0 radical (unpaired) electrons. The van der Waals surface area contributed by atoms with Gasteiger partial charge in [-0.15, -0.1) is 0 Å². The molecule has 0 aliphatic rings. The van der Waals surface area contributed by atoms with E-state index < -0.39 is 13.4 Å². The van der Waals surface area contributed by atoms with Crippen LogP contribution < -0.4 is 0 Å². The molecule has 0 aliphatic carbocycles. The van der Waals surface area contributed by atoms with Gasteiger partial charge in [-0.3, -0.25) is 4.52 Å². The number of unbranched alkanes of at least 4 members (excludes halogenated alkanes) is 1. The Balaban J connectivity index is 2.75. The predicted molar refractivity (Wildman–Crippen MR) is 110 cm³/mol. The topological polar surface area (TPSA) is 66.8 Å². The van der Waals surface area contributed by atoms with Crippen LogP contribution in [0.2, 0.25) is 0 Å². The number of benzene rings is 2. The second kappa shape index (κ2) is 9.16. The highest BCUT2D eigenvalue weighted by molar-refractivity contribution is 7.46. The van der Waals surface area contributed by atoms with E-state index in [-0.39, 0.29) is 5.92 Å². The average molecular weight is 390 g/mol. The minimum Gasteiger partial charge on any atom is -0.303 e. The molecule has 0 bridgehead atoms. The van der Waals surface area contributed by atoms with E-state index in [4.69, 9.17) is 4.52 Å². The molecule has 2 rings (SSSR count). The van der Waals surface area contributed by atoms with Crippen LogP contribution >= 0.6 is 7.82 Å². The van der Waals surface area contributed by atoms with E-state index in [1.54, 1.807) is 0 Å². The third-order valence-corrected chi connectivity index (χ3v) is 5.72. The second-order valence-electron chi connectivity index (χ2n) is 7.30. The quantitative estimate of drug-likeness (QED) is 0.525. The zero-order valence-corrected chi connectivity index (χ0v) is 17.6. The fourth-order valence-corrected chi connectivity index (χ4v) is 4.49. The lowest BCUT2D eigenvalue weighted by atomic mass is 9.72. The van der Waals surface area contributed by atoms with Gasteiger partial charge in [-0.25, -0.2) is 4.57 Å². The summed E-state index contributed by atoms with van der Waals surface area (Å²) in [5, 5.41) is 0. The van der Waals surface area contributed by atoms with Crippen LogP contribution in [0.3, 0.4) is 0 Å². The first-order valence-corrected chi connectivity index (χ1v) is 11.2. The molecule has 27 heavy (non-hydrogen) atoms. The number of phosphoric acid groups is 1. The van der Waals surface area contributed by atoms with Crippen molar-refractivity contribution in [3.05, 3.63) is 70.8 Å². The summed E-state index contributed by atoms with van der Waals surface area (Å²) in [6.45, 7) is 8.17. The van der Waals surface area contributed by atoms with E-state index in [0.717, 1.165) is 47.9 Å². The van der Waals surface area contributed by atoms with Gasteiger partial charge in [-0.1, -0.05) is 86.3 Å². The Kier molecular flexibility index (Phi) is 7.41. The molecular weight excluding hydrogens is 359 g/mol. The summed E-state index contributed by atoms with van der Waals surface area (Å²) < 4.78 is 17.8. The normalized spacial score (nSPS) is 13.6. The fraction of sp³-hybridized carbons (Fsp3) is 0.455. The van der Waals surface area contributed by atoms with Gasteiger partial charge in [0.25, 0.3) is 0 Å². The lowest BCUT2D eigenvalue weighted by Gasteiger charge is -2.41. The first-order valence-electron chi connectivity index (χ1n) is 9.63. The Morgan fingerprint density at radius 1 is 0.926 bits per heavy atom. The van der Waals surface area contributed by atoms with Gasteiger partial charge in [0, 0.05) is 0 Å². The van der Waals surface area contributed by atoms with Gasteiger partial charge in [-0.05, 0) is 43.7 Å². The Bertz CT molecular complexity index is 716. The summed E-state index contributed by atoms with van der Waals surface area (Å²) in [6, 6.07) is 15.6. The third kappa shape index (κ3) is 5.30. The fourth-order valence-electron chi connectivity index (χ4n) is 3.75. The molecule has 0 fully saturated rings. The van der Waals surface area contributed by atoms with Crippen LogP contribution in [-0.4, -0.2) is 9.79 Å². The van der Waals surface area contributed by atoms with Crippen LogP contribution in [-0.2, 0) is 14.7 Å². The van der Waals surface area contributed by atoms with Gasteiger partial charge in [0.1, 0.15) is 5.60 Å². The van der Waals surface area contributed by atoms with Crippen LogP contribution in [0, 0.1) is 19.8 Å². The molecule has 1 atom stereocenters. The molecular formula is C22H31O4P. The van der Waals surface area contributed by atoms with E-state index in [1.807, 2.05) is 62.4 Å². The monoisotopic (exact) mass is 390 g/mol. The van der Waals surface area contributed by atoms with Gasteiger partial charge < -0.3 is 9.79 Å². The van der Waals surface area contributed by atoms with Crippen molar-refractivity contribution < 1.29 is 18.9 Å². The van der Waals surface area contributed by atoms with E-state index in [2.05, 4.69) is 13.8 Å². The smallest absolute Gasteiger partial charge is 0.303 e. The highest BCUT2D eigenvalue weighted by Gasteiger charge is 2.46. The molecule has 148 valence electrons. The van der Waals surface area contributed by atoms with Gasteiger partial charge in [0.2, 0.25) is 0 Å². The standard InChI is InChI=1S/C22H31O4P/c1-5-7-8-19(6-2)22(26-27(23,24)25,20-13-9-17(3)10-14-20)21-15-11-18(4)12-16-21/h9-16,19H,5-8H2,1-4H3,(H2,23,24,25). The van der Waals surface area contributed by atoms with E-state index in [9.17, 15) is 14.4 Å². The number of phosphoric ester groups is 1. The molecule has 0 spiro atoms. The molecule has 1 unspecified atom stereocenters. The summed E-state index contributed by atoms with van der Waals surface area (Å²) in [6.07, 6.45) is 3.57. The third-order valence-electron chi connectivity index (χ3n) is 5.20. The molecule has 2 aromatic rings. The van der Waals surface area contributed by atoms with Gasteiger partial charge in [0.05, 0.1) is 0 Å². The van der Waals surface area contributed by atoms with Crippen molar-refractivity contribution in [2.75, 3.05) is 0 Å². The largest absolute Gasteiger partial charge is 0.470 e. The van der Waals surface area contributed by atoms with Crippen molar-refractivity contribution in [1.29, 1.82) is 0 Å². The number of rotatable bonds is 9. The van der Waals surface area contributed by atoms with Crippen molar-refractivity contribution >= 4 is 7.82 Å². The van der Waals surface area contributed by atoms with E-state index in [0.29, 0.717) is 0 Å². The molecule has 2 N–H and O–H groups in total. The Morgan fingerprint density at radius 3 is 1.70 bits per heavy atom. The van der Waals surface area contributed by atoms with Crippen LogP contribution in [0.1, 0.15) is 61.8 Å². The number of hydrogen-bond acceptors (Lipinski definition) is 2. The maximum Gasteiger partial charge on any atom is 0.470 e. The Hall–Kier alpha value is -1.45. The number of hydrogen-bond donors (Lipinski definition) is 2. The lowest BCUT2D eigenvalue weighted by molar-refractivity contribution is 0.00707. The Labute approximate surface area is 162 Å². The van der Waals surface area contributed by atoms with Crippen molar-refractivity contribution in [3.63, 3.8) is 0 Å². The van der Waals surface area contributed by atoms with Crippen molar-refractivity contribution in [2.24, 2.45) is 5.92 Å². The van der Waals surface area contributed by atoms with Gasteiger partial charge in [-0.2, -0.15) is 0 Å². The average Bonchev–Trinajstić information content (AvgIpc) is 2.61. The summed E-state index contributed by atoms with van der Waals surface area (Å²) in [4.78, 5) is 19.7. The lowest BCUT2D eigenvalue weighted by Crippen LogP contribution is -2.38.